The van der Waals surface area contributed by atoms with Crippen LogP contribution in [0.2, 0.25) is 5.02 Å². The molecule has 0 amide bonds. The predicted molar refractivity (Wildman–Crippen MR) is 70.3 cm³/mol. The van der Waals surface area contributed by atoms with Crippen LogP contribution >= 0.6 is 11.6 Å². The molecule has 0 aliphatic rings. The van der Waals surface area contributed by atoms with Gasteiger partial charge in [0.05, 0.1) is 16.2 Å². The van der Waals surface area contributed by atoms with Crippen molar-refractivity contribution in [3.05, 3.63) is 46.7 Å². The van der Waals surface area contributed by atoms with E-state index >= 15 is 0 Å². The molecule has 0 saturated heterocycles. The maximum atomic E-state index is 6.28. The molecule has 2 aromatic heterocycles. The van der Waals surface area contributed by atoms with Gasteiger partial charge in [0.1, 0.15) is 5.65 Å². The second kappa shape index (κ2) is 3.72. The molecule has 17 heavy (non-hydrogen) atoms. The largest absolute Gasteiger partial charge is 0.325 e. The monoisotopic (exact) mass is 245 g/mol. The Kier molecular flexibility index (Phi) is 2.31. The number of benzene rings is 1. The highest BCUT2D eigenvalue weighted by molar-refractivity contribution is 6.35. The standard InChI is InChI=1S/C13H12ClN3/c1-8-5-12-16-9(6-15)7-17(12)13-10(8)3-2-4-11(13)14/h2-5,7H,6,15H2,1H3. The van der Waals surface area contributed by atoms with Gasteiger partial charge in [-0.25, -0.2) is 4.98 Å². The van der Waals surface area contributed by atoms with Gasteiger partial charge in [0, 0.05) is 18.1 Å². The van der Waals surface area contributed by atoms with Crippen molar-refractivity contribution in [3.63, 3.8) is 0 Å². The summed E-state index contributed by atoms with van der Waals surface area (Å²) >= 11 is 6.28. The highest BCUT2D eigenvalue weighted by Gasteiger charge is 2.09. The van der Waals surface area contributed by atoms with E-state index in [4.69, 9.17) is 17.3 Å². The van der Waals surface area contributed by atoms with Gasteiger partial charge >= 0.3 is 0 Å². The lowest BCUT2D eigenvalue weighted by Gasteiger charge is -2.06. The van der Waals surface area contributed by atoms with E-state index in [1.54, 1.807) is 0 Å². The van der Waals surface area contributed by atoms with Gasteiger partial charge < -0.3 is 5.73 Å². The van der Waals surface area contributed by atoms with Crippen molar-refractivity contribution in [2.24, 2.45) is 5.73 Å². The molecule has 0 spiro atoms. The molecule has 2 N–H and O–H groups in total. The lowest BCUT2D eigenvalue weighted by molar-refractivity contribution is 1.02. The number of imidazole rings is 1. The van der Waals surface area contributed by atoms with E-state index in [9.17, 15) is 0 Å². The summed E-state index contributed by atoms with van der Waals surface area (Å²) in [5.41, 5.74) is 9.56. The molecule has 86 valence electrons. The van der Waals surface area contributed by atoms with Crippen molar-refractivity contribution in [1.29, 1.82) is 0 Å². The van der Waals surface area contributed by atoms with E-state index in [-0.39, 0.29) is 0 Å². The third kappa shape index (κ3) is 1.51. The van der Waals surface area contributed by atoms with E-state index in [1.165, 1.54) is 5.56 Å². The number of fused-ring (bicyclic) bond motifs is 3. The quantitative estimate of drug-likeness (QED) is 0.716. The van der Waals surface area contributed by atoms with E-state index in [0.29, 0.717) is 6.54 Å². The second-order valence-electron chi connectivity index (χ2n) is 4.13. The minimum Gasteiger partial charge on any atom is -0.325 e. The third-order valence-electron chi connectivity index (χ3n) is 2.99. The maximum Gasteiger partial charge on any atom is 0.137 e. The molecule has 3 nitrogen and oxygen atoms in total. The summed E-state index contributed by atoms with van der Waals surface area (Å²) in [5, 5.41) is 1.88. The maximum absolute atomic E-state index is 6.28. The van der Waals surface area contributed by atoms with Crippen LogP contribution < -0.4 is 5.73 Å². The van der Waals surface area contributed by atoms with Crippen LogP contribution in [0.25, 0.3) is 16.6 Å². The van der Waals surface area contributed by atoms with Crippen LogP contribution in [0, 0.1) is 6.92 Å². The first-order valence-corrected chi connectivity index (χ1v) is 5.84. The smallest absolute Gasteiger partial charge is 0.137 e. The van der Waals surface area contributed by atoms with Gasteiger partial charge in [0.25, 0.3) is 0 Å². The summed E-state index contributed by atoms with van der Waals surface area (Å²) < 4.78 is 2.01. The molecule has 0 saturated carbocycles. The molecule has 3 rings (SSSR count). The predicted octanol–water partition coefficient (Wildman–Crippen LogP) is 2.91. The molecule has 0 aliphatic heterocycles. The lowest BCUT2D eigenvalue weighted by Crippen LogP contribution is -1.95. The Morgan fingerprint density at radius 1 is 1.41 bits per heavy atom. The fourth-order valence-corrected chi connectivity index (χ4v) is 2.44. The number of hydrogen-bond donors (Lipinski definition) is 1. The summed E-state index contributed by atoms with van der Waals surface area (Å²) in [4.78, 5) is 4.46. The molecule has 0 fully saturated rings. The number of aryl methyl sites for hydroxylation is 1. The zero-order valence-electron chi connectivity index (χ0n) is 9.44. The average molecular weight is 246 g/mol. The number of halogens is 1. The first-order chi connectivity index (χ1) is 8.20. The normalized spacial score (nSPS) is 11.5. The van der Waals surface area contributed by atoms with Gasteiger partial charge in [0.2, 0.25) is 0 Å². The summed E-state index contributed by atoms with van der Waals surface area (Å²) in [6.07, 6.45) is 1.95. The van der Waals surface area contributed by atoms with E-state index in [0.717, 1.165) is 27.3 Å². The molecule has 2 heterocycles. The lowest BCUT2D eigenvalue weighted by atomic mass is 10.1. The van der Waals surface area contributed by atoms with E-state index in [2.05, 4.69) is 24.0 Å². The summed E-state index contributed by atoms with van der Waals surface area (Å²) in [5.74, 6) is 0. The van der Waals surface area contributed by atoms with Crippen LogP contribution in [0.3, 0.4) is 0 Å². The zero-order valence-corrected chi connectivity index (χ0v) is 10.2. The van der Waals surface area contributed by atoms with Gasteiger partial charge in [-0.3, -0.25) is 4.40 Å². The molecule has 0 unspecified atom stereocenters. The zero-order chi connectivity index (χ0) is 12.0. The van der Waals surface area contributed by atoms with Crippen molar-refractivity contribution in [1.82, 2.24) is 9.38 Å². The topological polar surface area (TPSA) is 43.3 Å². The summed E-state index contributed by atoms with van der Waals surface area (Å²) in [6.45, 7) is 2.50. The number of pyridine rings is 1. The Labute approximate surface area is 104 Å². The van der Waals surface area contributed by atoms with Gasteiger partial charge in [0.15, 0.2) is 0 Å². The minimum atomic E-state index is 0.437. The number of hydrogen-bond acceptors (Lipinski definition) is 2. The van der Waals surface area contributed by atoms with E-state index in [1.807, 2.05) is 22.7 Å². The Morgan fingerprint density at radius 2 is 2.24 bits per heavy atom. The molecule has 1 aromatic carbocycles. The van der Waals surface area contributed by atoms with Crippen LogP contribution in [0.15, 0.2) is 30.5 Å². The Bertz CT molecular complexity index is 715. The van der Waals surface area contributed by atoms with Crippen LogP contribution in [0.1, 0.15) is 11.3 Å². The van der Waals surface area contributed by atoms with Gasteiger partial charge in [-0.2, -0.15) is 0 Å². The molecule has 0 aliphatic carbocycles. The Hall–Kier alpha value is -1.58. The first kappa shape index (κ1) is 10.6. The van der Waals surface area contributed by atoms with Crippen molar-refractivity contribution < 1.29 is 0 Å². The van der Waals surface area contributed by atoms with Crippen LogP contribution in [0.5, 0.6) is 0 Å². The molecule has 4 heteroatoms. The van der Waals surface area contributed by atoms with Crippen molar-refractivity contribution >= 4 is 28.2 Å². The second-order valence-corrected chi connectivity index (χ2v) is 4.54. The van der Waals surface area contributed by atoms with Crippen molar-refractivity contribution in [2.75, 3.05) is 0 Å². The van der Waals surface area contributed by atoms with Gasteiger partial charge in [-0.05, 0) is 24.6 Å². The fourth-order valence-electron chi connectivity index (χ4n) is 2.17. The summed E-state index contributed by atoms with van der Waals surface area (Å²) in [6, 6.07) is 7.98. The van der Waals surface area contributed by atoms with Crippen molar-refractivity contribution in [2.45, 2.75) is 13.5 Å². The highest BCUT2D eigenvalue weighted by Crippen LogP contribution is 2.27. The minimum absolute atomic E-state index is 0.437. The van der Waals surface area contributed by atoms with Crippen LogP contribution in [0.4, 0.5) is 0 Å². The third-order valence-corrected chi connectivity index (χ3v) is 3.30. The summed E-state index contributed by atoms with van der Waals surface area (Å²) in [7, 11) is 0. The van der Waals surface area contributed by atoms with Crippen LogP contribution in [-0.2, 0) is 6.54 Å². The molecule has 3 aromatic rings. The molecule has 0 atom stereocenters. The fraction of sp³-hybridized carbons (Fsp3) is 0.154. The Balaban J connectivity index is 2.56. The van der Waals surface area contributed by atoms with Crippen molar-refractivity contribution in [3.8, 4) is 0 Å². The highest BCUT2D eigenvalue weighted by atomic mass is 35.5. The number of rotatable bonds is 1. The molecule has 0 radical (unpaired) electrons. The average Bonchev–Trinajstić information content (AvgIpc) is 2.72. The molecular formula is C13H12ClN3. The number of aromatic nitrogens is 2. The Morgan fingerprint density at radius 3 is 3.00 bits per heavy atom. The molecule has 0 bridgehead atoms. The van der Waals surface area contributed by atoms with Crippen LogP contribution in [-0.4, -0.2) is 9.38 Å². The first-order valence-electron chi connectivity index (χ1n) is 5.46. The van der Waals surface area contributed by atoms with Gasteiger partial charge in [-0.15, -0.1) is 0 Å². The number of nitrogens with zero attached hydrogens (tertiary/aromatic N) is 2. The SMILES string of the molecule is Cc1cc2nc(CN)cn2c2c(Cl)cccc12. The molecular weight excluding hydrogens is 234 g/mol. The number of nitrogens with two attached hydrogens (primary N) is 1. The number of para-hydroxylation sites is 1. The van der Waals surface area contributed by atoms with E-state index < -0.39 is 0 Å². The van der Waals surface area contributed by atoms with Gasteiger partial charge in [-0.1, -0.05) is 23.7 Å².